The Balaban J connectivity index is 1.46. The van der Waals surface area contributed by atoms with Crippen LogP contribution in [0.3, 0.4) is 0 Å². The maximum absolute atomic E-state index is 6.38. The van der Waals surface area contributed by atoms with Crippen LogP contribution in [-0.2, 0) is 13.1 Å². The molecule has 0 saturated carbocycles. The van der Waals surface area contributed by atoms with Gasteiger partial charge in [0.25, 0.3) is 0 Å². The van der Waals surface area contributed by atoms with Gasteiger partial charge in [0.15, 0.2) is 11.5 Å². The van der Waals surface area contributed by atoms with E-state index in [-0.39, 0.29) is 6.04 Å². The third-order valence-electron chi connectivity index (χ3n) is 4.78. The fourth-order valence-electron chi connectivity index (χ4n) is 3.33. The van der Waals surface area contributed by atoms with Crippen molar-refractivity contribution in [1.82, 2.24) is 29.8 Å². The van der Waals surface area contributed by atoms with Crippen molar-refractivity contribution in [2.24, 2.45) is 0 Å². The predicted octanol–water partition coefficient (Wildman–Crippen LogP) is 2.33. The van der Waals surface area contributed by atoms with Gasteiger partial charge in [-0.15, -0.1) is 10.2 Å². The molecular formula is C17H17ClN6O3. The van der Waals surface area contributed by atoms with E-state index in [2.05, 4.69) is 25.2 Å². The van der Waals surface area contributed by atoms with Gasteiger partial charge < -0.3 is 18.6 Å². The summed E-state index contributed by atoms with van der Waals surface area (Å²) in [4.78, 5) is 6.71. The van der Waals surface area contributed by atoms with Crippen LogP contribution in [0.5, 0.6) is 11.5 Å². The van der Waals surface area contributed by atoms with Crippen LogP contribution in [0.2, 0.25) is 5.02 Å². The molecule has 27 heavy (non-hydrogen) atoms. The van der Waals surface area contributed by atoms with Gasteiger partial charge in [-0.25, -0.2) is 0 Å². The third kappa shape index (κ3) is 2.92. The van der Waals surface area contributed by atoms with Crippen LogP contribution < -0.4 is 9.47 Å². The molecule has 0 saturated heterocycles. The molecule has 3 aromatic rings. The van der Waals surface area contributed by atoms with Crippen LogP contribution >= 0.6 is 11.6 Å². The van der Waals surface area contributed by atoms with E-state index < -0.39 is 0 Å². The van der Waals surface area contributed by atoms with Crippen molar-refractivity contribution < 1.29 is 14.0 Å². The molecule has 0 aliphatic carbocycles. The van der Waals surface area contributed by atoms with Crippen molar-refractivity contribution in [2.45, 2.75) is 25.6 Å². The van der Waals surface area contributed by atoms with Gasteiger partial charge in [0.1, 0.15) is 18.2 Å². The summed E-state index contributed by atoms with van der Waals surface area (Å²) in [6, 6.07) is 3.56. The Morgan fingerprint density at radius 1 is 1.22 bits per heavy atom. The van der Waals surface area contributed by atoms with Gasteiger partial charge in [0.2, 0.25) is 11.7 Å². The molecule has 4 heterocycles. The number of benzene rings is 1. The van der Waals surface area contributed by atoms with Crippen LogP contribution in [0.4, 0.5) is 0 Å². The van der Waals surface area contributed by atoms with Crippen LogP contribution in [0.25, 0.3) is 11.4 Å². The number of fused-ring (bicyclic) bond motifs is 2. The Labute approximate surface area is 159 Å². The Morgan fingerprint density at radius 2 is 2.11 bits per heavy atom. The van der Waals surface area contributed by atoms with Gasteiger partial charge >= 0.3 is 0 Å². The van der Waals surface area contributed by atoms with E-state index in [0.29, 0.717) is 54.5 Å². The fourth-order valence-corrected chi connectivity index (χ4v) is 3.59. The molecule has 0 fully saturated rings. The molecule has 0 N–H and O–H groups in total. The highest BCUT2D eigenvalue weighted by Crippen LogP contribution is 2.40. The molecule has 0 amide bonds. The van der Waals surface area contributed by atoms with Gasteiger partial charge in [-0.1, -0.05) is 16.8 Å². The summed E-state index contributed by atoms with van der Waals surface area (Å²) in [7, 11) is 2.00. The minimum Gasteiger partial charge on any atom is -0.489 e. The molecule has 9 nitrogen and oxygen atoms in total. The number of nitrogens with zero attached hydrogens (tertiary/aromatic N) is 6. The highest BCUT2D eigenvalue weighted by molar-refractivity contribution is 6.32. The van der Waals surface area contributed by atoms with Gasteiger partial charge in [-0.2, -0.15) is 4.98 Å². The first-order valence-electron chi connectivity index (χ1n) is 8.69. The highest BCUT2D eigenvalue weighted by atomic mass is 35.5. The Morgan fingerprint density at radius 3 is 3.04 bits per heavy atom. The summed E-state index contributed by atoms with van der Waals surface area (Å²) in [6.45, 7) is 2.48. The van der Waals surface area contributed by atoms with E-state index >= 15 is 0 Å². The smallest absolute Gasteiger partial charge is 0.246 e. The van der Waals surface area contributed by atoms with Crippen molar-refractivity contribution in [3.05, 3.63) is 35.2 Å². The lowest BCUT2D eigenvalue weighted by Crippen LogP contribution is -2.34. The average Bonchev–Trinajstić information content (AvgIpc) is 3.25. The minimum atomic E-state index is -0.0503. The summed E-state index contributed by atoms with van der Waals surface area (Å²) in [5.41, 5.74) is 0.725. The van der Waals surface area contributed by atoms with Crippen molar-refractivity contribution in [2.75, 3.05) is 20.3 Å². The zero-order valence-corrected chi connectivity index (χ0v) is 15.4. The first-order chi connectivity index (χ1) is 13.2. The molecule has 0 bridgehead atoms. The van der Waals surface area contributed by atoms with E-state index in [4.69, 9.17) is 25.6 Å². The molecule has 1 atom stereocenters. The van der Waals surface area contributed by atoms with Crippen LogP contribution in [0.15, 0.2) is 23.0 Å². The monoisotopic (exact) mass is 388 g/mol. The zero-order chi connectivity index (χ0) is 18.4. The number of halogens is 1. The lowest BCUT2D eigenvalue weighted by molar-refractivity contribution is 0.139. The van der Waals surface area contributed by atoms with Crippen LogP contribution in [-0.4, -0.2) is 50.1 Å². The molecule has 2 aromatic heterocycles. The Kier molecular flexibility index (Phi) is 3.98. The summed E-state index contributed by atoms with van der Waals surface area (Å²) < 4.78 is 19.0. The van der Waals surface area contributed by atoms with Gasteiger partial charge in [0.05, 0.1) is 24.8 Å². The van der Waals surface area contributed by atoms with Gasteiger partial charge in [0, 0.05) is 18.5 Å². The normalized spacial score (nSPS) is 19.6. The number of likely N-dealkylation sites (N-methyl/N-ethyl adjacent to an activating group) is 1. The van der Waals surface area contributed by atoms with Crippen LogP contribution in [0, 0.1) is 0 Å². The molecule has 10 heteroatoms. The lowest BCUT2D eigenvalue weighted by Gasteiger charge is -2.29. The van der Waals surface area contributed by atoms with E-state index in [1.54, 1.807) is 12.4 Å². The highest BCUT2D eigenvalue weighted by Gasteiger charge is 2.30. The minimum absolute atomic E-state index is 0.0503. The van der Waals surface area contributed by atoms with Crippen molar-refractivity contribution in [3.8, 4) is 22.9 Å². The van der Waals surface area contributed by atoms with Crippen molar-refractivity contribution in [1.29, 1.82) is 0 Å². The molecule has 1 unspecified atom stereocenters. The second kappa shape index (κ2) is 6.50. The molecule has 0 spiro atoms. The number of rotatable bonds is 2. The molecule has 1 aromatic carbocycles. The van der Waals surface area contributed by atoms with E-state index in [1.165, 1.54) is 0 Å². The molecule has 2 aliphatic rings. The number of aromatic nitrogens is 5. The topological polar surface area (TPSA) is 91.3 Å². The second-order valence-electron chi connectivity index (χ2n) is 6.62. The maximum Gasteiger partial charge on any atom is 0.246 e. The second-order valence-corrected chi connectivity index (χ2v) is 7.03. The van der Waals surface area contributed by atoms with Crippen molar-refractivity contribution in [3.63, 3.8) is 0 Å². The van der Waals surface area contributed by atoms with E-state index in [0.717, 1.165) is 17.8 Å². The molecule has 5 rings (SSSR count). The first-order valence-corrected chi connectivity index (χ1v) is 9.07. The number of ether oxygens (including phenoxy) is 2. The molecule has 140 valence electrons. The number of hydrogen-bond acceptors (Lipinski definition) is 8. The lowest BCUT2D eigenvalue weighted by atomic mass is 10.1. The van der Waals surface area contributed by atoms with E-state index in [1.807, 2.05) is 17.7 Å². The Bertz CT molecular complexity index is 987. The molecule has 2 aliphatic heterocycles. The summed E-state index contributed by atoms with van der Waals surface area (Å²) in [5.74, 6) is 3.09. The standard InChI is InChI=1S/C17H17ClN6O3/c1-23-8-14-21-19-9-24(14)7-12(23)17-20-16(22-27-17)10-5-11(18)15-13(6-10)25-3-2-4-26-15/h5-6,9,12H,2-4,7-8H2,1H3. The Hall–Kier alpha value is -2.65. The average molecular weight is 389 g/mol. The van der Waals surface area contributed by atoms with Gasteiger partial charge in [-0.05, 0) is 19.2 Å². The quantitative estimate of drug-likeness (QED) is 0.660. The zero-order valence-electron chi connectivity index (χ0n) is 14.6. The largest absolute Gasteiger partial charge is 0.489 e. The summed E-state index contributed by atoms with van der Waals surface area (Å²) in [6.07, 6.45) is 2.53. The first kappa shape index (κ1) is 16.5. The van der Waals surface area contributed by atoms with E-state index in [9.17, 15) is 0 Å². The summed E-state index contributed by atoms with van der Waals surface area (Å²) >= 11 is 6.38. The SMILES string of the molecule is CN1Cc2nncn2CC1c1nc(-c2cc(Cl)c3c(c2)OCCCO3)no1. The number of hydrogen-bond donors (Lipinski definition) is 0. The fraction of sp³-hybridized carbons (Fsp3) is 0.412. The maximum atomic E-state index is 6.38. The molecular weight excluding hydrogens is 372 g/mol. The van der Waals surface area contributed by atoms with Crippen LogP contribution in [0.1, 0.15) is 24.2 Å². The summed E-state index contributed by atoms with van der Waals surface area (Å²) in [5, 5.41) is 12.7. The van der Waals surface area contributed by atoms with Crippen molar-refractivity contribution >= 4 is 11.6 Å². The van der Waals surface area contributed by atoms with Gasteiger partial charge in [-0.3, -0.25) is 4.90 Å². The third-order valence-corrected chi connectivity index (χ3v) is 5.06. The predicted molar refractivity (Wildman–Crippen MR) is 94.6 cm³/mol. The molecule has 0 radical (unpaired) electrons.